The minimum Gasteiger partial charge on any atom is -0.448 e. The van der Waals surface area contributed by atoms with Gasteiger partial charge in [-0.05, 0) is 30.2 Å². The van der Waals surface area contributed by atoms with Crippen molar-refractivity contribution in [1.29, 1.82) is 0 Å². The zero-order chi connectivity index (χ0) is 17.1. The molecule has 1 aliphatic rings. The average Bonchev–Trinajstić information content (AvgIpc) is 2.60. The molecule has 3 rings (SSSR count). The van der Waals surface area contributed by atoms with Crippen LogP contribution in [-0.4, -0.2) is 29.4 Å². The van der Waals surface area contributed by atoms with Crippen LogP contribution in [0.5, 0.6) is 0 Å². The number of amides is 1. The van der Waals surface area contributed by atoms with Crippen molar-refractivity contribution in [2.24, 2.45) is 0 Å². The predicted molar refractivity (Wildman–Crippen MR) is 91.9 cm³/mol. The Bertz CT molecular complexity index is 775. The van der Waals surface area contributed by atoms with Crippen LogP contribution in [0.1, 0.15) is 28.4 Å². The fraction of sp³-hybridized carbons (Fsp3) is 0.263. The maximum absolute atomic E-state index is 12.8. The zero-order valence-electron chi connectivity index (χ0n) is 13.4. The molecule has 2 aromatic rings. The molecule has 0 saturated heterocycles. The molecule has 4 nitrogen and oxygen atoms in total. The van der Waals surface area contributed by atoms with E-state index >= 15 is 0 Å². The Morgan fingerprint density at radius 1 is 1.21 bits per heavy atom. The molecule has 0 N–H and O–H groups in total. The summed E-state index contributed by atoms with van der Waals surface area (Å²) in [7, 11) is 0. The zero-order valence-corrected chi connectivity index (χ0v) is 14.1. The van der Waals surface area contributed by atoms with Gasteiger partial charge in [0.2, 0.25) is 0 Å². The van der Waals surface area contributed by atoms with E-state index in [9.17, 15) is 9.59 Å². The first-order valence-corrected chi connectivity index (χ1v) is 8.29. The van der Waals surface area contributed by atoms with Crippen molar-refractivity contribution in [3.63, 3.8) is 0 Å². The topological polar surface area (TPSA) is 46.6 Å². The SMILES string of the molecule is CCN(Cc1ccccc1Cl)C(=O)C1Cc2ccccc2C(=O)O1. The summed E-state index contributed by atoms with van der Waals surface area (Å²) in [5.41, 5.74) is 2.26. The number of cyclic esters (lactones) is 1. The highest BCUT2D eigenvalue weighted by Crippen LogP contribution is 2.23. The van der Waals surface area contributed by atoms with Gasteiger partial charge in [-0.15, -0.1) is 0 Å². The summed E-state index contributed by atoms with van der Waals surface area (Å²) in [6, 6.07) is 14.7. The van der Waals surface area contributed by atoms with Gasteiger partial charge in [0.25, 0.3) is 5.91 Å². The van der Waals surface area contributed by atoms with Gasteiger partial charge in [-0.2, -0.15) is 0 Å². The van der Waals surface area contributed by atoms with Crippen molar-refractivity contribution in [2.45, 2.75) is 26.0 Å². The summed E-state index contributed by atoms with van der Waals surface area (Å²) in [6.07, 6.45) is -0.380. The Balaban J connectivity index is 1.78. The summed E-state index contributed by atoms with van der Waals surface area (Å²) in [4.78, 5) is 26.6. The molecule has 24 heavy (non-hydrogen) atoms. The van der Waals surface area contributed by atoms with Gasteiger partial charge in [0.15, 0.2) is 6.10 Å². The molecule has 0 aliphatic carbocycles. The molecule has 1 unspecified atom stereocenters. The smallest absolute Gasteiger partial charge is 0.339 e. The Labute approximate surface area is 146 Å². The van der Waals surface area contributed by atoms with Crippen LogP contribution < -0.4 is 0 Å². The minimum atomic E-state index is -0.783. The third-order valence-electron chi connectivity index (χ3n) is 4.18. The lowest BCUT2D eigenvalue weighted by Crippen LogP contribution is -2.44. The van der Waals surface area contributed by atoms with Crippen LogP contribution in [0.15, 0.2) is 48.5 Å². The molecule has 0 radical (unpaired) electrons. The molecule has 0 aromatic heterocycles. The fourth-order valence-electron chi connectivity index (χ4n) is 2.85. The van der Waals surface area contributed by atoms with Crippen molar-refractivity contribution >= 4 is 23.5 Å². The molecule has 0 saturated carbocycles. The van der Waals surface area contributed by atoms with E-state index in [2.05, 4.69) is 0 Å². The van der Waals surface area contributed by atoms with Gasteiger partial charge >= 0.3 is 5.97 Å². The van der Waals surface area contributed by atoms with Crippen LogP contribution in [0.3, 0.4) is 0 Å². The molecule has 0 spiro atoms. The second-order valence-corrected chi connectivity index (χ2v) is 6.11. The van der Waals surface area contributed by atoms with Crippen molar-refractivity contribution in [3.8, 4) is 0 Å². The van der Waals surface area contributed by atoms with Crippen LogP contribution in [0.4, 0.5) is 0 Å². The van der Waals surface area contributed by atoms with E-state index < -0.39 is 12.1 Å². The second kappa shape index (κ2) is 7.05. The summed E-state index contributed by atoms with van der Waals surface area (Å²) in [6.45, 7) is 2.80. The maximum Gasteiger partial charge on any atom is 0.339 e. The number of likely N-dealkylation sites (N-methyl/N-ethyl adjacent to an activating group) is 1. The molecule has 1 aliphatic heterocycles. The van der Waals surface area contributed by atoms with E-state index in [-0.39, 0.29) is 5.91 Å². The Hall–Kier alpha value is -2.33. The summed E-state index contributed by atoms with van der Waals surface area (Å²) in [5.74, 6) is -0.635. The number of hydrogen-bond donors (Lipinski definition) is 0. The molecule has 124 valence electrons. The molecule has 0 bridgehead atoms. The van der Waals surface area contributed by atoms with Crippen molar-refractivity contribution in [3.05, 3.63) is 70.2 Å². The van der Waals surface area contributed by atoms with Crippen LogP contribution in [0, 0.1) is 0 Å². The Kier molecular flexibility index (Phi) is 4.86. The molecule has 1 heterocycles. The molecule has 2 aromatic carbocycles. The van der Waals surface area contributed by atoms with Gasteiger partial charge in [-0.25, -0.2) is 4.79 Å². The van der Waals surface area contributed by atoms with Crippen LogP contribution >= 0.6 is 11.6 Å². The molecular weight excluding hydrogens is 326 g/mol. The molecule has 5 heteroatoms. The first-order valence-electron chi connectivity index (χ1n) is 7.91. The standard InChI is InChI=1S/C19H18ClNO3/c1-2-21(12-14-8-4-6-10-16(14)20)18(22)17-11-13-7-3-5-9-15(13)19(23)24-17/h3-10,17H,2,11-12H2,1H3. The van der Waals surface area contributed by atoms with Gasteiger partial charge in [0.05, 0.1) is 5.56 Å². The number of fused-ring (bicyclic) bond motifs is 1. The lowest BCUT2D eigenvalue weighted by atomic mass is 9.98. The Morgan fingerprint density at radius 3 is 2.67 bits per heavy atom. The van der Waals surface area contributed by atoms with Crippen molar-refractivity contribution < 1.29 is 14.3 Å². The highest BCUT2D eigenvalue weighted by atomic mass is 35.5. The van der Waals surface area contributed by atoms with E-state index in [1.807, 2.05) is 37.3 Å². The number of ether oxygens (including phenoxy) is 1. The molecule has 1 atom stereocenters. The van der Waals surface area contributed by atoms with E-state index in [0.29, 0.717) is 30.1 Å². The summed E-state index contributed by atoms with van der Waals surface area (Å²) < 4.78 is 5.36. The van der Waals surface area contributed by atoms with Crippen LogP contribution in [0.2, 0.25) is 5.02 Å². The van der Waals surface area contributed by atoms with Gasteiger partial charge in [0, 0.05) is 24.5 Å². The van der Waals surface area contributed by atoms with E-state index in [1.165, 1.54) is 0 Å². The normalized spacial score (nSPS) is 16.2. The van der Waals surface area contributed by atoms with Gasteiger partial charge in [0.1, 0.15) is 0 Å². The predicted octanol–water partition coefficient (Wildman–Crippen LogP) is 3.47. The number of esters is 1. The minimum absolute atomic E-state index is 0.194. The average molecular weight is 344 g/mol. The van der Waals surface area contributed by atoms with Crippen molar-refractivity contribution in [2.75, 3.05) is 6.54 Å². The van der Waals surface area contributed by atoms with E-state index in [0.717, 1.165) is 11.1 Å². The monoisotopic (exact) mass is 343 g/mol. The van der Waals surface area contributed by atoms with Crippen LogP contribution in [0.25, 0.3) is 0 Å². The summed E-state index contributed by atoms with van der Waals surface area (Å²) >= 11 is 6.18. The first kappa shape index (κ1) is 16.5. The highest BCUT2D eigenvalue weighted by molar-refractivity contribution is 6.31. The first-order chi connectivity index (χ1) is 11.6. The van der Waals surface area contributed by atoms with Gasteiger partial charge in [-0.1, -0.05) is 48.0 Å². The fourth-order valence-corrected chi connectivity index (χ4v) is 3.05. The van der Waals surface area contributed by atoms with Crippen LogP contribution in [-0.2, 0) is 22.5 Å². The number of halogens is 1. The quantitative estimate of drug-likeness (QED) is 0.798. The third kappa shape index (κ3) is 3.29. The highest BCUT2D eigenvalue weighted by Gasteiger charge is 2.33. The van der Waals surface area contributed by atoms with Crippen molar-refractivity contribution in [1.82, 2.24) is 4.90 Å². The third-order valence-corrected chi connectivity index (χ3v) is 4.55. The largest absolute Gasteiger partial charge is 0.448 e. The Morgan fingerprint density at radius 2 is 1.92 bits per heavy atom. The summed E-state index contributed by atoms with van der Waals surface area (Å²) in [5, 5.41) is 0.620. The molecular formula is C19H18ClNO3. The van der Waals surface area contributed by atoms with E-state index in [1.54, 1.807) is 23.1 Å². The number of nitrogens with zero attached hydrogens (tertiary/aromatic N) is 1. The van der Waals surface area contributed by atoms with Gasteiger partial charge in [-0.3, -0.25) is 4.79 Å². The van der Waals surface area contributed by atoms with E-state index in [4.69, 9.17) is 16.3 Å². The number of carbonyl (C=O) groups is 2. The number of hydrogen-bond acceptors (Lipinski definition) is 3. The second-order valence-electron chi connectivity index (χ2n) is 5.70. The van der Waals surface area contributed by atoms with Gasteiger partial charge < -0.3 is 9.64 Å². The number of rotatable bonds is 4. The number of carbonyl (C=O) groups excluding carboxylic acids is 2. The molecule has 0 fully saturated rings. The lowest BCUT2D eigenvalue weighted by Gasteiger charge is -2.29. The number of benzene rings is 2. The lowest BCUT2D eigenvalue weighted by molar-refractivity contribution is -0.141. The molecule has 1 amide bonds. The maximum atomic E-state index is 12.8.